The summed E-state index contributed by atoms with van der Waals surface area (Å²) in [6.45, 7) is 3.51. The quantitative estimate of drug-likeness (QED) is 0.860. The minimum atomic E-state index is 0.00159. The van der Waals surface area contributed by atoms with Crippen LogP contribution in [0.1, 0.15) is 30.1 Å². The van der Waals surface area contributed by atoms with Gasteiger partial charge in [0.15, 0.2) is 5.65 Å². The Labute approximate surface area is 101 Å². The van der Waals surface area contributed by atoms with Crippen molar-refractivity contribution in [2.75, 3.05) is 0 Å². The Morgan fingerprint density at radius 3 is 2.88 bits per heavy atom. The van der Waals surface area contributed by atoms with Crippen molar-refractivity contribution in [3.05, 3.63) is 34.7 Å². The number of fused-ring (bicyclic) bond motifs is 1. The molecule has 2 heterocycles. The number of aromatic nitrogens is 3. The third-order valence-corrected chi connectivity index (χ3v) is 3.10. The Morgan fingerprint density at radius 2 is 2.25 bits per heavy atom. The first-order chi connectivity index (χ1) is 7.65. The van der Waals surface area contributed by atoms with Crippen LogP contribution in [0.25, 0.3) is 11.4 Å². The largest absolute Gasteiger partial charge is 0.506 e. The second kappa shape index (κ2) is 3.31. The summed E-state index contributed by atoms with van der Waals surface area (Å²) in [7, 11) is 0. The first-order valence-corrected chi connectivity index (χ1v) is 5.89. The van der Waals surface area contributed by atoms with Crippen LogP contribution in [0.3, 0.4) is 0 Å². The van der Waals surface area contributed by atoms with Crippen LogP contribution in [0.5, 0.6) is 0 Å². The van der Waals surface area contributed by atoms with Crippen molar-refractivity contribution < 1.29 is 5.11 Å². The average Bonchev–Trinajstić information content (AvgIpc) is 2.98. The van der Waals surface area contributed by atoms with Crippen LogP contribution in [-0.2, 0) is 0 Å². The number of hydrogen-bond acceptors (Lipinski definition) is 3. The van der Waals surface area contributed by atoms with E-state index >= 15 is 0 Å². The minimum Gasteiger partial charge on any atom is -0.506 e. The molecule has 1 saturated carbocycles. The predicted octanol–water partition coefficient (Wildman–Crippen LogP) is 2.90. The highest BCUT2D eigenvalue weighted by molar-refractivity contribution is 9.10. The summed E-state index contributed by atoms with van der Waals surface area (Å²) in [5, 5.41) is 13.8. The summed E-state index contributed by atoms with van der Waals surface area (Å²) in [6.07, 6.45) is 2.35. The zero-order chi connectivity index (χ0) is 11.3. The summed E-state index contributed by atoms with van der Waals surface area (Å²) in [4.78, 5) is 4.29. The van der Waals surface area contributed by atoms with Gasteiger partial charge in [0.25, 0.3) is 0 Å². The average molecular weight is 280 g/mol. The lowest BCUT2D eigenvalue weighted by Crippen LogP contribution is -2.01. The van der Waals surface area contributed by atoms with E-state index in [0.29, 0.717) is 11.6 Å². The first-order valence-electron chi connectivity index (χ1n) is 5.09. The molecule has 1 aliphatic rings. The maximum absolute atomic E-state index is 9.42. The van der Waals surface area contributed by atoms with Gasteiger partial charge in [-0.1, -0.05) is 6.58 Å². The minimum absolute atomic E-state index is 0.00159. The maximum atomic E-state index is 9.42. The fraction of sp³-hybridized carbons (Fsp3) is 0.273. The number of aliphatic hydroxyl groups is 1. The lowest BCUT2D eigenvalue weighted by atomic mass is 10.2. The topological polar surface area (TPSA) is 50.4 Å². The second-order valence-electron chi connectivity index (χ2n) is 4.02. The molecule has 0 bridgehead atoms. The number of rotatable bonds is 2. The molecule has 3 rings (SSSR count). The van der Waals surface area contributed by atoms with E-state index in [1.165, 1.54) is 12.8 Å². The van der Waals surface area contributed by atoms with E-state index in [0.717, 1.165) is 15.9 Å². The smallest absolute Gasteiger partial charge is 0.157 e. The summed E-state index contributed by atoms with van der Waals surface area (Å²) >= 11 is 3.33. The molecule has 1 aliphatic carbocycles. The van der Waals surface area contributed by atoms with Crippen molar-refractivity contribution in [1.29, 1.82) is 0 Å². The molecule has 5 heteroatoms. The van der Waals surface area contributed by atoms with Crippen molar-refractivity contribution >= 4 is 27.3 Å². The van der Waals surface area contributed by atoms with Crippen LogP contribution in [0, 0.1) is 0 Å². The molecule has 0 unspecified atom stereocenters. The fourth-order valence-electron chi connectivity index (χ4n) is 1.79. The summed E-state index contributed by atoms with van der Waals surface area (Å²) in [5.74, 6) is 0.539. The van der Waals surface area contributed by atoms with Crippen LogP contribution in [-0.4, -0.2) is 19.7 Å². The first kappa shape index (κ1) is 9.84. The number of hydrogen-bond donors (Lipinski definition) is 1. The van der Waals surface area contributed by atoms with E-state index in [1.54, 1.807) is 0 Å². The monoisotopic (exact) mass is 279 g/mol. The molecule has 0 radical (unpaired) electrons. The molecule has 1 fully saturated rings. The highest BCUT2D eigenvalue weighted by Gasteiger charge is 2.27. The normalized spacial score (nSPS) is 15.6. The molecule has 0 aliphatic heterocycles. The molecule has 2 aromatic rings. The molecule has 4 nitrogen and oxygen atoms in total. The summed E-state index contributed by atoms with van der Waals surface area (Å²) in [5.41, 5.74) is 2.36. The standard InChI is InChI=1S/C11H10BrN3O/c1-6(16)8-4-9(7-2-3-7)15-11(13-8)5-10(12)14-15/h4-5,7,16H,1-3H2. The van der Waals surface area contributed by atoms with Crippen molar-refractivity contribution in [2.24, 2.45) is 0 Å². The molecule has 2 aromatic heterocycles. The van der Waals surface area contributed by atoms with Gasteiger partial charge in [-0.2, -0.15) is 5.10 Å². The molecule has 0 amide bonds. The van der Waals surface area contributed by atoms with E-state index in [2.05, 4.69) is 32.6 Å². The van der Waals surface area contributed by atoms with Crippen molar-refractivity contribution in [3.8, 4) is 0 Å². The lowest BCUT2D eigenvalue weighted by molar-refractivity contribution is 0.510. The van der Waals surface area contributed by atoms with Crippen LogP contribution in [0.4, 0.5) is 0 Å². The van der Waals surface area contributed by atoms with E-state index in [1.807, 2.05) is 16.6 Å². The SMILES string of the molecule is C=C(O)c1cc(C2CC2)n2nc(Br)cc2n1. The van der Waals surface area contributed by atoms with Gasteiger partial charge in [0.05, 0.1) is 0 Å². The van der Waals surface area contributed by atoms with Crippen molar-refractivity contribution in [3.63, 3.8) is 0 Å². The summed E-state index contributed by atoms with van der Waals surface area (Å²) < 4.78 is 2.58. The Hall–Kier alpha value is -1.36. The Kier molecular flexibility index (Phi) is 2.04. The van der Waals surface area contributed by atoms with Crippen LogP contribution >= 0.6 is 15.9 Å². The highest BCUT2D eigenvalue weighted by atomic mass is 79.9. The maximum Gasteiger partial charge on any atom is 0.157 e. The third kappa shape index (κ3) is 1.51. The van der Waals surface area contributed by atoms with Gasteiger partial charge in [0.2, 0.25) is 0 Å². The molecule has 16 heavy (non-hydrogen) atoms. The lowest BCUT2D eigenvalue weighted by Gasteiger charge is -2.05. The van der Waals surface area contributed by atoms with E-state index in [9.17, 15) is 5.11 Å². The van der Waals surface area contributed by atoms with Gasteiger partial charge >= 0.3 is 0 Å². The van der Waals surface area contributed by atoms with Gasteiger partial charge in [-0.05, 0) is 34.8 Å². The predicted molar refractivity (Wildman–Crippen MR) is 64.3 cm³/mol. The molecule has 0 atom stereocenters. The van der Waals surface area contributed by atoms with Gasteiger partial charge in [-0.3, -0.25) is 0 Å². The molecular weight excluding hydrogens is 270 g/mol. The molecule has 82 valence electrons. The van der Waals surface area contributed by atoms with Gasteiger partial charge in [0.1, 0.15) is 16.1 Å². The molecule has 1 N–H and O–H groups in total. The van der Waals surface area contributed by atoms with Crippen LogP contribution in [0.15, 0.2) is 23.3 Å². The third-order valence-electron chi connectivity index (χ3n) is 2.72. The number of halogens is 1. The molecule has 0 aromatic carbocycles. The van der Waals surface area contributed by atoms with Crippen molar-refractivity contribution in [2.45, 2.75) is 18.8 Å². The fourth-order valence-corrected chi connectivity index (χ4v) is 2.15. The van der Waals surface area contributed by atoms with E-state index in [-0.39, 0.29) is 5.76 Å². The van der Waals surface area contributed by atoms with Gasteiger partial charge in [-0.15, -0.1) is 0 Å². The number of nitrogens with zero attached hydrogens (tertiary/aromatic N) is 3. The van der Waals surface area contributed by atoms with Gasteiger partial charge in [-0.25, -0.2) is 9.50 Å². The zero-order valence-corrected chi connectivity index (χ0v) is 10.1. The van der Waals surface area contributed by atoms with Gasteiger partial charge in [0, 0.05) is 17.7 Å². The van der Waals surface area contributed by atoms with Crippen LogP contribution < -0.4 is 0 Å². The number of aliphatic hydroxyl groups excluding tert-OH is 1. The van der Waals surface area contributed by atoms with Gasteiger partial charge < -0.3 is 5.11 Å². The molecular formula is C11H10BrN3O. The second-order valence-corrected chi connectivity index (χ2v) is 4.84. The Morgan fingerprint density at radius 1 is 1.50 bits per heavy atom. The molecule has 0 saturated heterocycles. The Balaban J connectivity index is 2.29. The zero-order valence-electron chi connectivity index (χ0n) is 8.52. The van der Waals surface area contributed by atoms with Crippen LogP contribution in [0.2, 0.25) is 0 Å². The van der Waals surface area contributed by atoms with Crippen molar-refractivity contribution in [1.82, 2.24) is 14.6 Å². The summed E-state index contributed by atoms with van der Waals surface area (Å²) in [6, 6.07) is 3.70. The molecule has 0 spiro atoms. The Bertz CT molecular complexity index is 586. The highest BCUT2D eigenvalue weighted by Crippen LogP contribution is 2.40. The van der Waals surface area contributed by atoms with E-state index in [4.69, 9.17) is 0 Å². The van der Waals surface area contributed by atoms with E-state index < -0.39 is 0 Å².